The summed E-state index contributed by atoms with van der Waals surface area (Å²) in [6.45, 7) is 5.52. The van der Waals surface area contributed by atoms with Gasteiger partial charge in [-0.3, -0.25) is 4.79 Å². The Morgan fingerprint density at radius 1 is 1.47 bits per heavy atom. The predicted octanol–water partition coefficient (Wildman–Crippen LogP) is 1.76. The number of carboxylic acids is 1. The molecule has 17 heavy (non-hydrogen) atoms. The Bertz CT molecular complexity index is 255. The molecule has 2 atom stereocenters. The van der Waals surface area contributed by atoms with E-state index in [0.717, 1.165) is 19.4 Å². The smallest absolute Gasteiger partial charge is 0.310 e. The van der Waals surface area contributed by atoms with Crippen LogP contribution in [0.4, 0.5) is 0 Å². The molecule has 4 heteroatoms. The number of allylic oxidation sites excluding steroid dienone is 1. The maximum atomic E-state index is 11.0. The maximum absolute atomic E-state index is 11.0. The van der Waals surface area contributed by atoms with Gasteiger partial charge in [0, 0.05) is 6.04 Å². The second-order valence-electron chi connectivity index (χ2n) is 4.67. The zero-order valence-corrected chi connectivity index (χ0v) is 10.6. The molecule has 1 rings (SSSR count). The lowest BCUT2D eigenvalue weighted by molar-refractivity contribution is -0.143. The Morgan fingerprint density at radius 2 is 2.24 bits per heavy atom. The van der Waals surface area contributed by atoms with E-state index in [2.05, 4.69) is 11.5 Å². The molecular weight excluding hydrogens is 218 g/mol. The van der Waals surface area contributed by atoms with Crippen molar-refractivity contribution in [1.29, 1.82) is 0 Å². The van der Waals surface area contributed by atoms with Crippen LogP contribution in [0.25, 0.3) is 0 Å². The third kappa shape index (κ3) is 4.48. The molecule has 1 heterocycles. The molecule has 1 aliphatic rings. The lowest BCUT2D eigenvalue weighted by Crippen LogP contribution is -2.41. The lowest BCUT2D eigenvalue weighted by atomic mass is 10.0. The van der Waals surface area contributed by atoms with Gasteiger partial charge in [0.1, 0.15) is 0 Å². The lowest BCUT2D eigenvalue weighted by Gasteiger charge is -2.25. The molecule has 0 spiro atoms. The number of hydrogen-bond donors (Lipinski definition) is 1. The number of rotatable bonds is 8. The first-order valence-electron chi connectivity index (χ1n) is 6.28. The molecule has 98 valence electrons. The van der Waals surface area contributed by atoms with Crippen molar-refractivity contribution in [2.24, 2.45) is 5.92 Å². The number of carbonyl (C=O) groups is 1. The van der Waals surface area contributed by atoms with Crippen molar-refractivity contribution in [2.45, 2.75) is 31.7 Å². The van der Waals surface area contributed by atoms with Crippen LogP contribution in [0.15, 0.2) is 12.7 Å². The molecule has 0 aromatic heterocycles. The van der Waals surface area contributed by atoms with Crippen LogP contribution in [0.3, 0.4) is 0 Å². The highest BCUT2D eigenvalue weighted by Gasteiger charge is 2.36. The molecule has 1 saturated heterocycles. The first-order valence-corrected chi connectivity index (χ1v) is 6.28. The van der Waals surface area contributed by atoms with Gasteiger partial charge in [0.05, 0.1) is 19.1 Å². The van der Waals surface area contributed by atoms with E-state index in [1.165, 1.54) is 12.8 Å². The third-order valence-electron chi connectivity index (χ3n) is 3.35. The average molecular weight is 241 g/mol. The summed E-state index contributed by atoms with van der Waals surface area (Å²) in [5.41, 5.74) is 0. The summed E-state index contributed by atoms with van der Waals surface area (Å²) in [4.78, 5) is 13.1. The van der Waals surface area contributed by atoms with Crippen molar-refractivity contribution in [2.75, 3.05) is 26.8 Å². The highest BCUT2D eigenvalue weighted by atomic mass is 16.5. The van der Waals surface area contributed by atoms with E-state index >= 15 is 0 Å². The van der Waals surface area contributed by atoms with Gasteiger partial charge in [0.2, 0.25) is 0 Å². The summed E-state index contributed by atoms with van der Waals surface area (Å²) in [5, 5.41) is 9.06. The topological polar surface area (TPSA) is 49.8 Å². The quantitative estimate of drug-likeness (QED) is 0.519. The summed E-state index contributed by atoms with van der Waals surface area (Å²) in [5.74, 6) is -1.11. The normalized spacial score (nSPS) is 24.1. The molecule has 2 unspecified atom stereocenters. The highest BCUT2D eigenvalue weighted by molar-refractivity contribution is 5.71. The fourth-order valence-electron chi connectivity index (χ4n) is 2.21. The van der Waals surface area contributed by atoms with Crippen LogP contribution in [-0.4, -0.2) is 48.8 Å². The first-order chi connectivity index (χ1) is 8.16. The van der Waals surface area contributed by atoms with Gasteiger partial charge in [0.15, 0.2) is 0 Å². The Balaban J connectivity index is 2.24. The van der Waals surface area contributed by atoms with Crippen LogP contribution in [0.2, 0.25) is 0 Å². The maximum Gasteiger partial charge on any atom is 0.310 e. The summed E-state index contributed by atoms with van der Waals surface area (Å²) in [6, 6.07) is 0.0342. The van der Waals surface area contributed by atoms with E-state index in [-0.39, 0.29) is 12.0 Å². The van der Waals surface area contributed by atoms with E-state index in [4.69, 9.17) is 9.84 Å². The minimum absolute atomic E-state index is 0.0342. The standard InChI is InChI=1S/C13H23NO3/c1-3-4-5-6-7-8-14(2)12-10-17-9-11(12)13(15)16/h3,11-12H,1,4-10H2,2H3,(H,15,16). The van der Waals surface area contributed by atoms with E-state index in [1.54, 1.807) is 0 Å². The van der Waals surface area contributed by atoms with Crippen LogP contribution in [0.5, 0.6) is 0 Å². The summed E-state index contributed by atoms with van der Waals surface area (Å²) >= 11 is 0. The zero-order valence-electron chi connectivity index (χ0n) is 10.6. The molecule has 4 nitrogen and oxygen atoms in total. The molecule has 0 saturated carbocycles. The third-order valence-corrected chi connectivity index (χ3v) is 3.35. The van der Waals surface area contributed by atoms with Crippen LogP contribution in [0.1, 0.15) is 25.7 Å². The van der Waals surface area contributed by atoms with E-state index in [0.29, 0.717) is 13.2 Å². The number of ether oxygens (including phenoxy) is 1. The molecule has 1 aliphatic heterocycles. The SMILES string of the molecule is C=CCCCCCN(C)C1COCC1C(=O)O. The molecule has 1 N–H and O–H groups in total. The number of unbranched alkanes of at least 4 members (excludes halogenated alkanes) is 3. The monoisotopic (exact) mass is 241 g/mol. The van der Waals surface area contributed by atoms with Crippen LogP contribution >= 0.6 is 0 Å². The van der Waals surface area contributed by atoms with Gasteiger partial charge < -0.3 is 14.7 Å². The Hall–Kier alpha value is -0.870. The molecule has 1 fully saturated rings. The van der Waals surface area contributed by atoms with Gasteiger partial charge >= 0.3 is 5.97 Å². The summed E-state index contributed by atoms with van der Waals surface area (Å²) in [7, 11) is 1.99. The molecule has 0 amide bonds. The fraction of sp³-hybridized carbons (Fsp3) is 0.769. The van der Waals surface area contributed by atoms with Crippen molar-refractivity contribution < 1.29 is 14.6 Å². The number of aliphatic carboxylic acids is 1. The van der Waals surface area contributed by atoms with Crippen molar-refractivity contribution >= 4 is 5.97 Å². The Morgan fingerprint density at radius 3 is 2.88 bits per heavy atom. The number of likely N-dealkylation sites (N-methyl/N-ethyl adjacent to an activating group) is 1. The molecule has 0 aliphatic carbocycles. The van der Waals surface area contributed by atoms with Gasteiger partial charge in [-0.2, -0.15) is 0 Å². The van der Waals surface area contributed by atoms with E-state index in [9.17, 15) is 4.79 Å². The molecule has 0 radical (unpaired) electrons. The fourth-order valence-corrected chi connectivity index (χ4v) is 2.21. The van der Waals surface area contributed by atoms with Gasteiger partial charge in [-0.25, -0.2) is 0 Å². The van der Waals surface area contributed by atoms with Crippen molar-refractivity contribution in [3.8, 4) is 0 Å². The number of hydrogen-bond acceptors (Lipinski definition) is 3. The average Bonchev–Trinajstić information content (AvgIpc) is 2.77. The molecule has 0 aromatic carbocycles. The van der Waals surface area contributed by atoms with Gasteiger partial charge in [-0.05, 0) is 32.9 Å². The van der Waals surface area contributed by atoms with Crippen LogP contribution < -0.4 is 0 Å². The summed E-state index contributed by atoms with van der Waals surface area (Å²) in [6.07, 6.45) is 6.44. The van der Waals surface area contributed by atoms with Crippen molar-refractivity contribution in [3.63, 3.8) is 0 Å². The minimum atomic E-state index is -0.744. The molecule has 0 aromatic rings. The Kier molecular flexibility index (Phi) is 6.22. The van der Waals surface area contributed by atoms with Gasteiger partial charge in [-0.15, -0.1) is 6.58 Å². The van der Waals surface area contributed by atoms with Crippen LogP contribution in [-0.2, 0) is 9.53 Å². The van der Waals surface area contributed by atoms with Crippen molar-refractivity contribution in [3.05, 3.63) is 12.7 Å². The molecular formula is C13H23NO3. The van der Waals surface area contributed by atoms with E-state index in [1.807, 2.05) is 13.1 Å². The summed E-state index contributed by atoms with van der Waals surface area (Å²) < 4.78 is 5.26. The van der Waals surface area contributed by atoms with Gasteiger partial charge in [-0.1, -0.05) is 12.5 Å². The highest BCUT2D eigenvalue weighted by Crippen LogP contribution is 2.19. The van der Waals surface area contributed by atoms with Crippen molar-refractivity contribution in [1.82, 2.24) is 4.90 Å². The van der Waals surface area contributed by atoms with E-state index < -0.39 is 5.97 Å². The number of carboxylic acid groups (broad SMARTS) is 1. The number of nitrogens with zero attached hydrogens (tertiary/aromatic N) is 1. The zero-order chi connectivity index (χ0) is 12.7. The second kappa shape index (κ2) is 7.45. The minimum Gasteiger partial charge on any atom is -0.481 e. The predicted molar refractivity (Wildman–Crippen MR) is 67.0 cm³/mol. The largest absolute Gasteiger partial charge is 0.481 e. The first kappa shape index (κ1) is 14.2. The van der Waals surface area contributed by atoms with Crippen LogP contribution in [0, 0.1) is 5.92 Å². The van der Waals surface area contributed by atoms with Gasteiger partial charge in [0.25, 0.3) is 0 Å². The second-order valence-corrected chi connectivity index (χ2v) is 4.67. The molecule has 0 bridgehead atoms. The Labute approximate surface area is 103 Å².